The molecule has 0 saturated carbocycles. The van der Waals surface area contributed by atoms with E-state index in [4.69, 9.17) is 16.3 Å². The predicted molar refractivity (Wildman–Crippen MR) is 102 cm³/mol. The second-order valence-corrected chi connectivity index (χ2v) is 7.97. The van der Waals surface area contributed by atoms with E-state index in [0.29, 0.717) is 34.2 Å². The Labute approximate surface area is 155 Å². The maximum atomic E-state index is 12.8. The Bertz CT molecular complexity index is 830. The molecule has 6 nitrogen and oxygen atoms in total. The van der Waals surface area contributed by atoms with Gasteiger partial charge in [0.05, 0.1) is 29.8 Å². The average Bonchev–Trinajstić information content (AvgIpc) is 2.50. The number of amides is 1. The summed E-state index contributed by atoms with van der Waals surface area (Å²) in [6, 6.07) is 4.98. The first-order valence-electron chi connectivity index (χ1n) is 7.84. The number of nitrogens with one attached hydrogen (secondary N) is 1. The molecule has 1 amide bonds. The van der Waals surface area contributed by atoms with Gasteiger partial charge in [-0.1, -0.05) is 23.4 Å². The van der Waals surface area contributed by atoms with E-state index < -0.39 is 0 Å². The van der Waals surface area contributed by atoms with E-state index in [0.717, 1.165) is 0 Å². The number of halogens is 1. The molecule has 0 aliphatic carbocycles. The van der Waals surface area contributed by atoms with Crippen molar-refractivity contribution in [1.82, 2.24) is 14.9 Å². The fraction of sp³-hybridized carbons (Fsp3) is 0.471. The summed E-state index contributed by atoms with van der Waals surface area (Å²) in [6.45, 7) is 6.49. The van der Waals surface area contributed by atoms with Gasteiger partial charge in [0.15, 0.2) is 5.16 Å². The molecule has 0 spiro atoms. The molecule has 1 heterocycles. The number of hydrogen-bond donors (Lipinski definition) is 1. The molecule has 25 heavy (non-hydrogen) atoms. The molecule has 1 N–H and O–H groups in total. The minimum atomic E-state index is -0.308. The number of nitrogens with zero attached hydrogens (tertiary/aromatic N) is 2. The van der Waals surface area contributed by atoms with Crippen LogP contribution in [-0.4, -0.2) is 40.5 Å². The minimum Gasteiger partial charge on any atom is -0.383 e. The molecule has 8 heteroatoms. The molecular weight excluding hydrogens is 362 g/mol. The summed E-state index contributed by atoms with van der Waals surface area (Å²) in [5, 5.41) is 4.36. The van der Waals surface area contributed by atoms with Crippen molar-refractivity contribution in [2.45, 2.75) is 38.0 Å². The normalized spacial score (nSPS) is 11.7. The van der Waals surface area contributed by atoms with Gasteiger partial charge in [0.1, 0.15) is 0 Å². The lowest BCUT2D eigenvalue weighted by atomic mass is 10.1. The quantitative estimate of drug-likeness (QED) is 0.613. The summed E-state index contributed by atoms with van der Waals surface area (Å²) in [5.74, 6) is 0.0548. The zero-order valence-electron chi connectivity index (χ0n) is 14.8. The fourth-order valence-corrected chi connectivity index (χ4v) is 3.24. The van der Waals surface area contributed by atoms with Crippen LogP contribution in [0, 0.1) is 0 Å². The van der Waals surface area contributed by atoms with E-state index in [1.54, 1.807) is 25.3 Å². The first-order chi connectivity index (χ1) is 11.7. The Hall–Kier alpha value is -1.57. The van der Waals surface area contributed by atoms with Crippen molar-refractivity contribution in [3.05, 3.63) is 33.6 Å². The molecule has 0 fully saturated rings. The molecule has 2 rings (SSSR count). The topological polar surface area (TPSA) is 73.2 Å². The van der Waals surface area contributed by atoms with E-state index in [9.17, 15) is 9.59 Å². The summed E-state index contributed by atoms with van der Waals surface area (Å²) in [5.41, 5.74) is 0.0416. The maximum absolute atomic E-state index is 12.8. The Kier molecular flexibility index (Phi) is 6.48. The first kappa shape index (κ1) is 19.8. The fourth-order valence-electron chi connectivity index (χ4n) is 2.25. The van der Waals surface area contributed by atoms with Gasteiger partial charge in [-0.25, -0.2) is 4.98 Å². The molecule has 1 aromatic heterocycles. The van der Waals surface area contributed by atoms with Crippen molar-refractivity contribution in [2.24, 2.45) is 0 Å². The van der Waals surface area contributed by atoms with Gasteiger partial charge in [-0.15, -0.1) is 0 Å². The smallest absolute Gasteiger partial charge is 0.262 e. The van der Waals surface area contributed by atoms with Crippen LogP contribution in [0.3, 0.4) is 0 Å². The zero-order valence-corrected chi connectivity index (χ0v) is 16.3. The Balaban J connectivity index is 2.35. The summed E-state index contributed by atoms with van der Waals surface area (Å²) in [4.78, 5) is 29.3. The molecule has 0 unspecified atom stereocenters. The van der Waals surface area contributed by atoms with Crippen LogP contribution in [0.5, 0.6) is 0 Å². The molecular formula is C17H22ClN3O3S. The van der Waals surface area contributed by atoms with Crippen LogP contribution in [0.25, 0.3) is 10.9 Å². The van der Waals surface area contributed by atoms with E-state index in [1.165, 1.54) is 16.3 Å². The lowest BCUT2D eigenvalue weighted by Gasteiger charge is -2.20. The highest BCUT2D eigenvalue weighted by atomic mass is 35.5. The molecule has 0 atom stereocenters. The van der Waals surface area contributed by atoms with Gasteiger partial charge in [-0.2, -0.15) is 0 Å². The predicted octanol–water partition coefficient (Wildman–Crippen LogP) is 2.70. The Morgan fingerprint density at radius 1 is 1.40 bits per heavy atom. The van der Waals surface area contributed by atoms with Crippen molar-refractivity contribution >= 4 is 40.2 Å². The number of benzene rings is 1. The number of aromatic nitrogens is 2. The molecule has 0 bridgehead atoms. The number of methoxy groups -OCH3 is 1. The highest BCUT2D eigenvalue weighted by molar-refractivity contribution is 7.99. The highest BCUT2D eigenvalue weighted by Gasteiger charge is 2.16. The molecule has 0 radical (unpaired) electrons. The van der Waals surface area contributed by atoms with Crippen LogP contribution in [-0.2, 0) is 16.1 Å². The third-order valence-corrected chi connectivity index (χ3v) is 4.46. The third-order valence-electron chi connectivity index (χ3n) is 3.25. The second-order valence-electron chi connectivity index (χ2n) is 6.59. The van der Waals surface area contributed by atoms with Gasteiger partial charge in [0, 0.05) is 17.7 Å². The van der Waals surface area contributed by atoms with Crippen molar-refractivity contribution in [3.63, 3.8) is 0 Å². The minimum absolute atomic E-state index is 0.115. The van der Waals surface area contributed by atoms with Crippen molar-refractivity contribution < 1.29 is 9.53 Å². The average molecular weight is 384 g/mol. The number of thioether (sulfide) groups is 1. The largest absolute Gasteiger partial charge is 0.383 e. The number of fused-ring (bicyclic) bond motifs is 1. The third kappa shape index (κ3) is 5.45. The van der Waals surface area contributed by atoms with Crippen LogP contribution in [0.4, 0.5) is 0 Å². The second kappa shape index (κ2) is 8.21. The lowest BCUT2D eigenvalue weighted by molar-refractivity contribution is -0.119. The number of rotatable bonds is 6. The van der Waals surface area contributed by atoms with Gasteiger partial charge in [-0.05, 0) is 39.0 Å². The SMILES string of the molecule is COCCn1c(SCC(=O)NC(C)(C)C)nc2cc(Cl)ccc2c1=O. The van der Waals surface area contributed by atoms with E-state index >= 15 is 0 Å². The van der Waals surface area contributed by atoms with E-state index in [1.807, 2.05) is 20.8 Å². The van der Waals surface area contributed by atoms with Crippen LogP contribution in [0.15, 0.2) is 28.2 Å². The molecule has 1 aromatic carbocycles. The Morgan fingerprint density at radius 2 is 2.12 bits per heavy atom. The number of ether oxygens (including phenoxy) is 1. The molecule has 0 saturated heterocycles. The first-order valence-corrected chi connectivity index (χ1v) is 9.20. The summed E-state index contributed by atoms with van der Waals surface area (Å²) >= 11 is 7.23. The number of carbonyl (C=O) groups excluding carboxylic acids is 1. The van der Waals surface area contributed by atoms with Gasteiger partial charge >= 0.3 is 0 Å². The molecule has 0 aliphatic heterocycles. The maximum Gasteiger partial charge on any atom is 0.262 e. The molecule has 0 aliphatic rings. The number of hydrogen-bond acceptors (Lipinski definition) is 5. The van der Waals surface area contributed by atoms with Gasteiger partial charge in [-0.3, -0.25) is 14.2 Å². The van der Waals surface area contributed by atoms with Crippen molar-refractivity contribution in [1.29, 1.82) is 0 Å². The van der Waals surface area contributed by atoms with Crippen molar-refractivity contribution in [2.75, 3.05) is 19.5 Å². The molecule has 2 aromatic rings. The summed E-state index contributed by atoms with van der Waals surface area (Å²) in [6.07, 6.45) is 0. The summed E-state index contributed by atoms with van der Waals surface area (Å²) in [7, 11) is 1.57. The highest BCUT2D eigenvalue weighted by Crippen LogP contribution is 2.20. The Morgan fingerprint density at radius 3 is 2.76 bits per heavy atom. The summed E-state index contributed by atoms with van der Waals surface area (Å²) < 4.78 is 6.62. The van der Waals surface area contributed by atoms with Crippen molar-refractivity contribution in [3.8, 4) is 0 Å². The monoisotopic (exact) mass is 383 g/mol. The zero-order chi connectivity index (χ0) is 18.6. The van der Waals surface area contributed by atoms with Crippen LogP contribution in [0.2, 0.25) is 5.02 Å². The van der Waals surface area contributed by atoms with Gasteiger partial charge in [0.2, 0.25) is 5.91 Å². The van der Waals surface area contributed by atoms with E-state index in [-0.39, 0.29) is 22.8 Å². The van der Waals surface area contributed by atoms with Crippen LogP contribution >= 0.6 is 23.4 Å². The number of carbonyl (C=O) groups is 1. The van der Waals surface area contributed by atoms with Crippen LogP contribution in [0.1, 0.15) is 20.8 Å². The lowest BCUT2D eigenvalue weighted by Crippen LogP contribution is -2.41. The molecule has 136 valence electrons. The van der Waals surface area contributed by atoms with Gasteiger partial charge < -0.3 is 10.1 Å². The van der Waals surface area contributed by atoms with Crippen LogP contribution < -0.4 is 10.9 Å². The van der Waals surface area contributed by atoms with Gasteiger partial charge in [0.25, 0.3) is 5.56 Å². The standard InChI is InChI=1S/C17H22ClN3O3S/c1-17(2,3)20-14(22)10-25-16-19-13-9-11(18)5-6-12(13)15(23)21(16)7-8-24-4/h5-6,9H,7-8,10H2,1-4H3,(H,20,22). The van der Waals surface area contributed by atoms with E-state index in [2.05, 4.69) is 10.3 Å².